The summed E-state index contributed by atoms with van der Waals surface area (Å²) >= 11 is 4.57. The summed E-state index contributed by atoms with van der Waals surface area (Å²) in [5.41, 5.74) is 0.323. The van der Waals surface area contributed by atoms with Crippen LogP contribution in [0.2, 0.25) is 0 Å². The van der Waals surface area contributed by atoms with Gasteiger partial charge in [-0.25, -0.2) is 0 Å². The van der Waals surface area contributed by atoms with E-state index in [9.17, 15) is 25.1 Å². The molecule has 280 valence electrons. The van der Waals surface area contributed by atoms with Gasteiger partial charge in [0.25, 0.3) is 5.69 Å². The Balaban J connectivity index is 1.07. The van der Waals surface area contributed by atoms with Gasteiger partial charge in [0.1, 0.15) is 6.10 Å². The maximum atomic E-state index is 12.4. The molecule has 0 radical (unpaired) electrons. The van der Waals surface area contributed by atoms with Gasteiger partial charge in [-0.05, 0) is 24.1 Å². The Hall–Kier alpha value is -3.42. The first-order valence-electron chi connectivity index (χ1n) is 19.0. The summed E-state index contributed by atoms with van der Waals surface area (Å²) < 4.78 is 0. The second-order valence-corrected chi connectivity index (χ2v) is 23.0. The molecule has 3 N–H and O–H groups in total. The van der Waals surface area contributed by atoms with Gasteiger partial charge in [-0.15, -0.1) is 0 Å². The van der Waals surface area contributed by atoms with Crippen LogP contribution in [0, 0.1) is 10.1 Å². The van der Waals surface area contributed by atoms with Gasteiger partial charge in [0, 0.05) is 18.6 Å². The van der Waals surface area contributed by atoms with Gasteiger partial charge < -0.3 is 15.5 Å². The summed E-state index contributed by atoms with van der Waals surface area (Å²) in [6, 6.07) is 37.8. The molecule has 0 aliphatic rings. The molecule has 0 saturated carbocycles. The number of nitrogens with one attached hydrogen (secondary N) is 1. The van der Waals surface area contributed by atoms with Crippen molar-refractivity contribution in [3.05, 3.63) is 131 Å². The monoisotopic (exact) mass is 790 g/mol. The summed E-state index contributed by atoms with van der Waals surface area (Å²) in [5.74, 6) is -0.212. The van der Waals surface area contributed by atoms with Crippen LogP contribution in [0.15, 0.2) is 115 Å². The van der Waals surface area contributed by atoms with Crippen LogP contribution in [-0.4, -0.2) is 39.9 Å². The van der Waals surface area contributed by atoms with E-state index in [0.29, 0.717) is 12.0 Å². The third kappa shape index (κ3) is 11.3. The van der Waals surface area contributed by atoms with Gasteiger partial charge in [0.2, 0.25) is 5.91 Å². The van der Waals surface area contributed by atoms with E-state index in [1.54, 1.807) is 0 Å². The summed E-state index contributed by atoms with van der Waals surface area (Å²) in [6.45, 7) is -0.429. The smallest absolute Gasteiger partial charge is 0.269 e. The Bertz CT molecular complexity index is 1530. The number of hydrogen-bond donors (Lipinski definition) is 3. The minimum atomic E-state index is -2.82. The Morgan fingerprint density at radius 2 is 1.02 bits per heavy atom. The number of aliphatic hydroxyl groups is 2. The van der Waals surface area contributed by atoms with Crippen molar-refractivity contribution in [3.8, 4) is 0 Å². The third-order valence-corrected chi connectivity index (χ3v) is 20.3. The van der Waals surface area contributed by atoms with Crippen LogP contribution in [0.5, 0.6) is 0 Å². The number of carbonyl (C=O) groups is 1. The SMILES string of the molecule is O=C(CCCCCCCCCCCCCCCP(Br)(c1ccccc1)(c1ccccc1)c1ccccc1)N[C@H](CO)[C@H](O)c1ccc([N+](=O)[O-])cc1. The molecule has 4 aromatic rings. The fraction of sp³-hybridized carbons (Fsp3) is 0.419. The minimum absolute atomic E-state index is 0.0820. The maximum Gasteiger partial charge on any atom is 0.269 e. The molecule has 0 aromatic heterocycles. The molecule has 7 nitrogen and oxygen atoms in total. The number of amides is 1. The number of carbonyl (C=O) groups excluding carboxylic acids is 1. The number of nitro groups is 1. The molecule has 52 heavy (non-hydrogen) atoms. The van der Waals surface area contributed by atoms with Gasteiger partial charge in [0.15, 0.2) is 0 Å². The Morgan fingerprint density at radius 3 is 1.40 bits per heavy atom. The van der Waals surface area contributed by atoms with E-state index >= 15 is 0 Å². The van der Waals surface area contributed by atoms with E-state index in [4.69, 9.17) is 0 Å². The number of non-ortho nitro benzene ring substituents is 1. The third-order valence-electron chi connectivity index (χ3n) is 10.2. The first kappa shape index (κ1) is 41.3. The van der Waals surface area contributed by atoms with Crippen LogP contribution in [0.3, 0.4) is 0 Å². The van der Waals surface area contributed by atoms with Crippen molar-refractivity contribution in [1.82, 2.24) is 5.32 Å². The molecule has 4 rings (SSSR count). The number of rotatable bonds is 24. The molecule has 0 spiro atoms. The molecule has 0 unspecified atom stereocenters. The van der Waals surface area contributed by atoms with Crippen molar-refractivity contribution in [2.24, 2.45) is 0 Å². The first-order valence-corrected chi connectivity index (χ1v) is 23.4. The predicted octanol–water partition coefficient (Wildman–Crippen LogP) is 9.41. The van der Waals surface area contributed by atoms with Crippen molar-refractivity contribution in [2.75, 3.05) is 12.8 Å². The van der Waals surface area contributed by atoms with Gasteiger partial charge in [-0.3, -0.25) is 14.9 Å². The average Bonchev–Trinajstić information content (AvgIpc) is 3.19. The van der Waals surface area contributed by atoms with E-state index < -0.39 is 29.0 Å². The maximum absolute atomic E-state index is 12.4. The number of aliphatic hydroxyl groups excluding tert-OH is 2. The summed E-state index contributed by atoms with van der Waals surface area (Å²) in [6.07, 6.45) is 15.6. The number of benzene rings is 4. The van der Waals surface area contributed by atoms with Gasteiger partial charge >= 0.3 is 204 Å². The zero-order valence-corrected chi connectivity index (χ0v) is 32.8. The van der Waals surface area contributed by atoms with Crippen molar-refractivity contribution in [3.63, 3.8) is 0 Å². The molecule has 0 heterocycles. The molecule has 0 saturated heterocycles. The summed E-state index contributed by atoms with van der Waals surface area (Å²) in [5, 5.41) is 35.2. The zero-order valence-electron chi connectivity index (χ0n) is 30.3. The Morgan fingerprint density at radius 1 is 0.635 bits per heavy atom. The van der Waals surface area contributed by atoms with Crippen LogP contribution < -0.4 is 21.2 Å². The Kier molecular flexibility index (Phi) is 17.0. The van der Waals surface area contributed by atoms with E-state index in [1.165, 1.54) is 104 Å². The largest absolute Gasteiger partial charge is 0.394 e. The normalized spacial score (nSPS) is 13.5. The van der Waals surface area contributed by atoms with Gasteiger partial charge in [0.05, 0.1) is 17.6 Å². The number of halogens is 1. The van der Waals surface area contributed by atoms with Gasteiger partial charge in [-0.2, -0.15) is 0 Å². The minimum Gasteiger partial charge on any atom is -0.394 e. The molecule has 9 heteroatoms. The second kappa shape index (κ2) is 21.3. The fourth-order valence-corrected chi connectivity index (χ4v) is 15.0. The predicted molar refractivity (Wildman–Crippen MR) is 221 cm³/mol. The van der Waals surface area contributed by atoms with Crippen molar-refractivity contribution < 1.29 is 19.9 Å². The summed E-state index contributed by atoms with van der Waals surface area (Å²) in [7, 11) is 0. The molecule has 0 fully saturated rings. The van der Waals surface area contributed by atoms with Crippen LogP contribution in [-0.2, 0) is 4.79 Å². The van der Waals surface area contributed by atoms with Crippen LogP contribution >= 0.6 is 20.8 Å². The molecule has 1 amide bonds. The number of nitro benzene ring substituents is 1. The van der Waals surface area contributed by atoms with Crippen LogP contribution in [0.25, 0.3) is 0 Å². The standard InChI is InChI=1S/C43H56BrN2O5P/c44-52(38-23-15-12-16-24-38,39-25-17-13-18-26-39,40-27-19-14-20-28-40)34-22-11-9-7-5-3-1-2-4-6-8-10-21-29-42(48)45-41(35-47)43(49)36-30-32-37(33-31-36)46(50)51/h12-20,23-28,30-33,41,43,47,49H,1-11,21-22,29,34-35H2,(H,45,48)/t41-,43-/m1/s1. The molecule has 0 aliphatic heterocycles. The van der Waals surface area contributed by atoms with E-state index in [2.05, 4.69) is 112 Å². The number of nitrogens with zero attached hydrogens (tertiary/aromatic N) is 1. The quantitative estimate of drug-likeness (QED) is 0.0284. The number of hydrogen-bond acceptors (Lipinski definition) is 5. The zero-order chi connectivity index (χ0) is 37.1. The molecule has 4 aromatic carbocycles. The number of unbranched alkanes of at least 4 members (excludes halogenated alkanes) is 12. The van der Waals surface area contributed by atoms with E-state index in [1.807, 2.05) is 0 Å². The van der Waals surface area contributed by atoms with Crippen LogP contribution in [0.1, 0.15) is 102 Å². The molecule has 0 bridgehead atoms. The fourth-order valence-electron chi connectivity index (χ4n) is 7.22. The van der Waals surface area contributed by atoms with Crippen molar-refractivity contribution in [2.45, 2.75) is 102 Å². The van der Waals surface area contributed by atoms with E-state index in [-0.39, 0.29) is 11.6 Å². The molecular weight excluding hydrogens is 735 g/mol. The molecule has 2 atom stereocenters. The van der Waals surface area contributed by atoms with Crippen molar-refractivity contribution >= 4 is 48.3 Å². The van der Waals surface area contributed by atoms with Crippen molar-refractivity contribution in [1.29, 1.82) is 0 Å². The van der Waals surface area contributed by atoms with Crippen LogP contribution in [0.4, 0.5) is 5.69 Å². The summed E-state index contributed by atoms with van der Waals surface area (Å²) in [4.78, 5) is 22.8. The van der Waals surface area contributed by atoms with E-state index in [0.717, 1.165) is 25.4 Å². The first-order chi connectivity index (χ1) is 25.3. The Labute approximate surface area is 318 Å². The molecular formula is C43H56BrN2O5P. The second-order valence-electron chi connectivity index (χ2n) is 13.9. The topological polar surface area (TPSA) is 113 Å². The average molecular weight is 792 g/mol. The molecule has 0 aliphatic carbocycles. The van der Waals surface area contributed by atoms with Gasteiger partial charge in [-0.1, -0.05) is 6.42 Å².